The van der Waals surface area contributed by atoms with Crippen molar-refractivity contribution >= 4 is 11.3 Å². The van der Waals surface area contributed by atoms with Gasteiger partial charge in [-0.3, -0.25) is 0 Å². The lowest BCUT2D eigenvalue weighted by Crippen LogP contribution is -2.15. The summed E-state index contributed by atoms with van der Waals surface area (Å²) < 4.78 is 5.55. The molecule has 0 saturated carbocycles. The average Bonchev–Trinajstić information content (AvgIpc) is 2.90. The minimum Gasteiger partial charge on any atom is -0.369 e. The van der Waals surface area contributed by atoms with Crippen LogP contribution in [0.1, 0.15) is 28.6 Å². The number of rotatable bonds is 7. The lowest BCUT2D eigenvalue weighted by Gasteiger charge is -2.11. The Balaban J connectivity index is 2.07. The Bertz CT molecular complexity index is 486. The van der Waals surface area contributed by atoms with Gasteiger partial charge >= 0.3 is 0 Å². The number of hydrogen-bond donors (Lipinski definition) is 1. The first kappa shape index (κ1) is 14.1. The van der Waals surface area contributed by atoms with E-state index in [9.17, 15) is 0 Å². The van der Waals surface area contributed by atoms with Gasteiger partial charge in [0.1, 0.15) is 11.1 Å². The molecule has 1 aromatic heterocycles. The molecule has 0 fully saturated rings. The molecule has 1 atom stereocenters. The molecule has 0 aliphatic heterocycles. The summed E-state index contributed by atoms with van der Waals surface area (Å²) in [7, 11) is 1.71. The zero-order valence-electron chi connectivity index (χ0n) is 11.3. The lowest BCUT2D eigenvalue weighted by atomic mass is 10.1. The van der Waals surface area contributed by atoms with Crippen LogP contribution in [-0.4, -0.2) is 30.4 Å². The minimum atomic E-state index is -0.119. The third-order valence-corrected chi connectivity index (χ3v) is 3.84. The van der Waals surface area contributed by atoms with Crippen molar-refractivity contribution < 1.29 is 4.74 Å². The van der Waals surface area contributed by atoms with Crippen LogP contribution >= 0.6 is 11.3 Å². The lowest BCUT2D eigenvalue weighted by molar-refractivity contribution is 0.135. The van der Waals surface area contributed by atoms with Crippen LogP contribution in [0, 0.1) is 0 Å². The van der Waals surface area contributed by atoms with Gasteiger partial charge in [-0.2, -0.15) is 0 Å². The summed E-state index contributed by atoms with van der Waals surface area (Å²) in [4.78, 5) is 0. The summed E-state index contributed by atoms with van der Waals surface area (Å²) in [6, 6.07) is 10.1. The zero-order chi connectivity index (χ0) is 13.5. The second-order valence-electron chi connectivity index (χ2n) is 4.16. The van der Waals surface area contributed by atoms with Crippen molar-refractivity contribution in [2.24, 2.45) is 0 Å². The maximum Gasteiger partial charge on any atom is 0.151 e. The van der Waals surface area contributed by atoms with E-state index < -0.39 is 0 Å². The molecule has 5 heteroatoms. The highest BCUT2D eigenvalue weighted by Crippen LogP contribution is 2.27. The SMILES string of the molecule is CCNCCc1nnc(C(OC)c2ccccc2)s1. The number of likely N-dealkylation sites (N-methyl/N-ethyl adjacent to an activating group) is 1. The summed E-state index contributed by atoms with van der Waals surface area (Å²) in [5.41, 5.74) is 1.11. The van der Waals surface area contributed by atoms with E-state index in [1.807, 2.05) is 30.3 Å². The third kappa shape index (κ3) is 3.83. The van der Waals surface area contributed by atoms with E-state index in [0.29, 0.717) is 0 Å². The highest BCUT2D eigenvalue weighted by Gasteiger charge is 2.17. The normalized spacial score (nSPS) is 12.5. The van der Waals surface area contributed by atoms with Crippen LogP contribution < -0.4 is 5.32 Å². The molecular weight excluding hydrogens is 258 g/mol. The largest absolute Gasteiger partial charge is 0.369 e. The van der Waals surface area contributed by atoms with Crippen molar-refractivity contribution in [3.05, 3.63) is 45.9 Å². The predicted octanol–water partition coefficient (Wildman–Crippen LogP) is 2.43. The van der Waals surface area contributed by atoms with Crippen molar-refractivity contribution in [2.45, 2.75) is 19.4 Å². The summed E-state index contributed by atoms with van der Waals surface area (Å²) >= 11 is 1.62. The molecule has 19 heavy (non-hydrogen) atoms. The molecule has 0 saturated heterocycles. The Kier molecular flexibility index (Phi) is 5.44. The van der Waals surface area contributed by atoms with Crippen LogP contribution in [0.25, 0.3) is 0 Å². The van der Waals surface area contributed by atoms with Crippen molar-refractivity contribution in [1.29, 1.82) is 0 Å². The fraction of sp³-hybridized carbons (Fsp3) is 0.429. The maximum absolute atomic E-state index is 5.55. The smallest absolute Gasteiger partial charge is 0.151 e. The molecule has 1 N–H and O–H groups in total. The van der Waals surface area contributed by atoms with E-state index in [1.165, 1.54) is 0 Å². The van der Waals surface area contributed by atoms with Crippen LogP contribution in [0.4, 0.5) is 0 Å². The Labute approximate surface area is 117 Å². The summed E-state index contributed by atoms with van der Waals surface area (Å²) in [6.45, 7) is 4.02. The Morgan fingerprint density at radius 1 is 1.26 bits per heavy atom. The van der Waals surface area contributed by atoms with Crippen LogP contribution in [0.3, 0.4) is 0 Å². The van der Waals surface area contributed by atoms with E-state index in [2.05, 4.69) is 22.4 Å². The molecule has 0 bridgehead atoms. The monoisotopic (exact) mass is 277 g/mol. The molecule has 0 radical (unpaired) electrons. The molecule has 1 unspecified atom stereocenters. The van der Waals surface area contributed by atoms with E-state index >= 15 is 0 Å². The number of benzene rings is 1. The van der Waals surface area contributed by atoms with Gasteiger partial charge in [0.15, 0.2) is 5.01 Å². The van der Waals surface area contributed by atoms with Gasteiger partial charge in [-0.15, -0.1) is 10.2 Å². The highest BCUT2D eigenvalue weighted by molar-refractivity contribution is 7.11. The highest BCUT2D eigenvalue weighted by atomic mass is 32.1. The van der Waals surface area contributed by atoms with Crippen molar-refractivity contribution in [3.8, 4) is 0 Å². The van der Waals surface area contributed by atoms with Gasteiger partial charge < -0.3 is 10.1 Å². The number of nitrogens with zero attached hydrogens (tertiary/aromatic N) is 2. The number of hydrogen-bond acceptors (Lipinski definition) is 5. The van der Waals surface area contributed by atoms with Gasteiger partial charge in [0.05, 0.1) is 0 Å². The second-order valence-corrected chi connectivity index (χ2v) is 5.26. The Morgan fingerprint density at radius 2 is 2.05 bits per heavy atom. The second kappa shape index (κ2) is 7.33. The van der Waals surface area contributed by atoms with Gasteiger partial charge in [-0.1, -0.05) is 48.6 Å². The molecule has 0 aliphatic rings. The van der Waals surface area contributed by atoms with Gasteiger partial charge in [0.2, 0.25) is 0 Å². The zero-order valence-corrected chi connectivity index (χ0v) is 12.1. The van der Waals surface area contributed by atoms with Gasteiger partial charge in [-0.25, -0.2) is 0 Å². The van der Waals surface area contributed by atoms with Crippen LogP contribution in [0.5, 0.6) is 0 Å². The molecular formula is C14H19N3OS. The van der Waals surface area contributed by atoms with Gasteiger partial charge in [0, 0.05) is 20.1 Å². The summed E-state index contributed by atoms with van der Waals surface area (Å²) in [5, 5.41) is 13.7. The van der Waals surface area contributed by atoms with E-state index in [1.54, 1.807) is 18.4 Å². The number of ether oxygens (including phenoxy) is 1. The molecule has 4 nitrogen and oxygen atoms in total. The minimum absolute atomic E-state index is 0.119. The fourth-order valence-electron chi connectivity index (χ4n) is 1.85. The molecule has 102 valence electrons. The number of methoxy groups -OCH3 is 1. The summed E-state index contributed by atoms with van der Waals surface area (Å²) in [6.07, 6.45) is 0.795. The first-order chi connectivity index (χ1) is 9.35. The maximum atomic E-state index is 5.55. The van der Waals surface area contributed by atoms with Crippen molar-refractivity contribution in [1.82, 2.24) is 15.5 Å². The molecule has 0 amide bonds. The van der Waals surface area contributed by atoms with Crippen LogP contribution in [0.15, 0.2) is 30.3 Å². The first-order valence-electron chi connectivity index (χ1n) is 6.46. The molecule has 2 aromatic rings. The number of nitrogens with one attached hydrogen (secondary N) is 1. The first-order valence-corrected chi connectivity index (χ1v) is 7.27. The van der Waals surface area contributed by atoms with E-state index in [4.69, 9.17) is 4.74 Å². The van der Waals surface area contributed by atoms with E-state index in [-0.39, 0.29) is 6.10 Å². The van der Waals surface area contributed by atoms with Crippen molar-refractivity contribution in [3.63, 3.8) is 0 Å². The standard InChI is InChI=1S/C14H19N3OS/c1-3-15-10-9-12-16-17-14(19-12)13(18-2)11-7-5-4-6-8-11/h4-8,13,15H,3,9-10H2,1-2H3. The topological polar surface area (TPSA) is 47.0 Å². The molecule has 1 heterocycles. The Morgan fingerprint density at radius 3 is 2.74 bits per heavy atom. The molecule has 0 aliphatic carbocycles. The number of aromatic nitrogens is 2. The average molecular weight is 277 g/mol. The van der Waals surface area contributed by atoms with Crippen molar-refractivity contribution in [2.75, 3.05) is 20.2 Å². The van der Waals surface area contributed by atoms with Crippen LogP contribution in [-0.2, 0) is 11.2 Å². The van der Waals surface area contributed by atoms with Crippen LogP contribution in [0.2, 0.25) is 0 Å². The quantitative estimate of drug-likeness (QED) is 0.790. The Hall–Kier alpha value is -1.30. The van der Waals surface area contributed by atoms with E-state index in [0.717, 1.165) is 35.1 Å². The molecule has 0 spiro atoms. The predicted molar refractivity (Wildman–Crippen MR) is 77.5 cm³/mol. The third-order valence-electron chi connectivity index (χ3n) is 2.81. The van der Waals surface area contributed by atoms with Gasteiger partial charge in [-0.05, 0) is 12.1 Å². The fourth-order valence-corrected chi connectivity index (χ4v) is 2.80. The van der Waals surface area contributed by atoms with Gasteiger partial charge in [0.25, 0.3) is 0 Å². The summed E-state index contributed by atoms with van der Waals surface area (Å²) in [5.74, 6) is 0. The molecule has 1 aromatic carbocycles. The molecule has 2 rings (SSSR count).